The standard InChI is InChI=1S/C18H16N4O3S/c1-11-4-2-3-5-13(11)17-20-18(22-21-17)26-9-16(23)19-12-6-7-14-15(8-12)25-10-24-14/h2-8H,9-10H2,1H3,(H,19,23)(H,20,21,22). The predicted octanol–water partition coefficient (Wildman–Crippen LogP) is 3.24. The summed E-state index contributed by atoms with van der Waals surface area (Å²) in [7, 11) is 0. The van der Waals surface area contributed by atoms with E-state index in [1.54, 1.807) is 18.2 Å². The van der Waals surface area contributed by atoms with Gasteiger partial charge in [0.15, 0.2) is 17.3 Å². The SMILES string of the molecule is Cc1ccccc1-c1nc(SCC(=O)Nc2ccc3c(c2)OCO3)n[nH]1. The van der Waals surface area contributed by atoms with Crippen LogP contribution in [0.5, 0.6) is 11.5 Å². The molecule has 3 aromatic rings. The number of carbonyl (C=O) groups is 1. The highest BCUT2D eigenvalue weighted by Crippen LogP contribution is 2.34. The first-order chi connectivity index (χ1) is 12.7. The number of rotatable bonds is 5. The van der Waals surface area contributed by atoms with Gasteiger partial charge < -0.3 is 14.8 Å². The summed E-state index contributed by atoms with van der Waals surface area (Å²) in [5.41, 5.74) is 2.77. The highest BCUT2D eigenvalue weighted by atomic mass is 32.2. The quantitative estimate of drug-likeness (QED) is 0.672. The summed E-state index contributed by atoms with van der Waals surface area (Å²) < 4.78 is 10.6. The second-order valence-corrected chi connectivity index (χ2v) is 6.63. The second-order valence-electron chi connectivity index (χ2n) is 5.69. The molecule has 0 spiro atoms. The minimum Gasteiger partial charge on any atom is -0.454 e. The third-order valence-electron chi connectivity index (χ3n) is 3.85. The maximum atomic E-state index is 12.1. The summed E-state index contributed by atoms with van der Waals surface area (Å²) in [6.45, 7) is 2.22. The highest BCUT2D eigenvalue weighted by molar-refractivity contribution is 7.99. The molecule has 2 N–H and O–H groups in total. The molecule has 1 aliphatic rings. The van der Waals surface area contributed by atoms with E-state index < -0.39 is 0 Å². The van der Waals surface area contributed by atoms with Crippen molar-refractivity contribution in [3.63, 3.8) is 0 Å². The van der Waals surface area contributed by atoms with Crippen LogP contribution >= 0.6 is 11.8 Å². The average Bonchev–Trinajstić information content (AvgIpc) is 3.29. The van der Waals surface area contributed by atoms with E-state index >= 15 is 0 Å². The number of nitrogens with one attached hydrogen (secondary N) is 2. The van der Waals surface area contributed by atoms with E-state index in [-0.39, 0.29) is 18.5 Å². The van der Waals surface area contributed by atoms with Gasteiger partial charge >= 0.3 is 0 Å². The molecular formula is C18H16N4O3S. The van der Waals surface area contributed by atoms with Gasteiger partial charge in [-0.05, 0) is 24.6 Å². The number of aromatic nitrogens is 3. The van der Waals surface area contributed by atoms with E-state index in [1.807, 2.05) is 31.2 Å². The third kappa shape index (κ3) is 3.50. The van der Waals surface area contributed by atoms with Crippen molar-refractivity contribution in [2.75, 3.05) is 17.9 Å². The van der Waals surface area contributed by atoms with Gasteiger partial charge in [-0.2, -0.15) is 0 Å². The van der Waals surface area contributed by atoms with Crippen molar-refractivity contribution < 1.29 is 14.3 Å². The van der Waals surface area contributed by atoms with Crippen molar-refractivity contribution in [3.05, 3.63) is 48.0 Å². The van der Waals surface area contributed by atoms with Gasteiger partial charge in [-0.3, -0.25) is 9.89 Å². The first-order valence-corrected chi connectivity index (χ1v) is 8.98. The number of hydrogen-bond donors (Lipinski definition) is 2. The Hall–Kier alpha value is -3.00. The van der Waals surface area contributed by atoms with Crippen LogP contribution in [0.1, 0.15) is 5.56 Å². The van der Waals surface area contributed by atoms with Gasteiger partial charge in [0.05, 0.1) is 5.75 Å². The van der Waals surface area contributed by atoms with Crippen LogP contribution in [0.25, 0.3) is 11.4 Å². The second kappa shape index (κ2) is 7.09. The lowest BCUT2D eigenvalue weighted by atomic mass is 10.1. The van der Waals surface area contributed by atoms with Gasteiger partial charge in [0.2, 0.25) is 17.9 Å². The number of thioether (sulfide) groups is 1. The minimum atomic E-state index is -0.142. The molecule has 0 radical (unpaired) electrons. The van der Waals surface area contributed by atoms with Crippen molar-refractivity contribution >= 4 is 23.4 Å². The summed E-state index contributed by atoms with van der Waals surface area (Å²) in [4.78, 5) is 16.6. The first-order valence-electron chi connectivity index (χ1n) is 8.00. The van der Waals surface area contributed by atoms with E-state index in [0.717, 1.165) is 11.1 Å². The van der Waals surface area contributed by atoms with Crippen molar-refractivity contribution in [1.29, 1.82) is 0 Å². The maximum Gasteiger partial charge on any atom is 0.234 e. The zero-order valence-corrected chi connectivity index (χ0v) is 14.8. The lowest BCUT2D eigenvalue weighted by Gasteiger charge is -2.05. The zero-order valence-electron chi connectivity index (χ0n) is 14.0. The maximum absolute atomic E-state index is 12.1. The van der Waals surface area contributed by atoms with E-state index in [4.69, 9.17) is 9.47 Å². The Morgan fingerprint density at radius 2 is 2.08 bits per heavy atom. The molecule has 0 saturated heterocycles. The van der Waals surface area contributed by atoms with Crippen molar-refractivity contribution in [2.24, 2.45) is 0 Å². The fourth-order valence-corrected chi connectivity index (χ4v) is 3.17. The van der Waals surface area contributed by atoms with Crippen molar-refractivity contribution in [3.8, 4) is 22.9 Å². The van der Waals surface area contributed by atoms with Crippen LogP contribution in [0.2, 0.25) is 0 Å². The van der Waals surface area contributed by atoms with E-state index in [0.29, 0.717) is 28.2 Å². The number of fused-ring (bicyclic) bond motifs is 1. The number of hydrogen-bond acceptors (Lipinski definition) is 6. The summed E-state index contributed by atoms with van der Waals surface area (Å²) in [5.74, 6) is 2.08. The summed E-state index contributed by atoms with van der Waals surface area (Å²) >= 11 is 1.27. The molecule has 26 heavy (non-hydrogen) atoms. The summed E-state index contributed by atoms with van der Waals surface area (Å²) in [6, 6.07) is 13.2. The predicted molar refractivity (Wildman–Crippen MR) is 98.5 cm³/mol. The average molecular weight is 368 g/mol. The molecule has 7 nitrogen and oxygen atoms in total. The van der Waals surface area contributed by atoms with Gasteiger partial charge in [0, 0.05) is 17.3 Å². The molecule has 2 heterocycles. The van der Waals surface area contributed by atoms with E-state index in [9.17, 15) is 4.79 Å². The Morgan fingerprint density at radius 3 is 2.96 bits per heavy atom. The fraction of sp³-hybridized carbons (Fsp3) is 0.167. The van der Waals surface area contributed by atoms with Crippen LogP contribution < -0.4 is 14.8 Å². The first kappa shape index (κ1) is 16.5. The molecule has 1 aliphatic heterocycles. The number of anilines is 1. The molecule has 0 aliphatic carbocycles. The van der Waals surface area contributed by atoms with Crippen molar-refractivity contribution in [1.82, 2.24) is 15.2 Å². The molecule has 2 aromatic carbocycles. The number of H-pyrrole nitrogens is 1. The van der Waals surface area contributed by atoms with E-state index in [1.165, 1.54) is 11.8 Å². The largest absolute Gasteiger partial charge is 0.454 e. The van der Waals surface area contributed by atoms with Gasteiger partial charge in [0.25, 0.3) is 0 Å². The number of benzene rings is 2. The van der Waals surface area contributed by atoms with Gasteiger partial charge in [-0.25, -0.2) is 4.98 Å². The fourth-order valence-electron chi connectivity index (χ4n) is 2.57. The number of ether oxygens (including phenoxy) is 2. The summed E-state index contributed by atoms with van der Waals surface area (Å²) in [6.07, 6.45) is 0. The van der Waals surface area contributed by atoms with Gasteiger partial charge in [-0.15, -0.1) is 5.10 Å². The minimum absolute atomic E-state index is 0.142. The Balaban J connectivity index is 1.36. The Labute approximate surface area is 154 Å². The summed E-state index contributed by atoms with van der Waals surface area (Å²) in [5, 5.41) is 10.5. The molecule has 4 rings (SSSR count). The number of aryl methyl sites for hydroxylation is 1. The molecule has 8 heteroatoms. The Bertz CT molecular complexity index is 957. The molecule has 1 aromatic heterocycles. The highest BCUT2D eigenvalue weighted by Gasteiger charge is 2.15. The normalized spacial score (nSPS) is 12.2. The Kier molecular flexibility index (Phi) is 4.49. The number of nitrogens with zero attached hydrogens (tertiary/aromatic N) is 2. The van der Waals surface area contributed by atoms with Gasteiger partial charge in [-0.1, -0.05) is 36.0 Å². The molecule has 1 amide bonds. The number of carbonyl (C=O) groups excluding carboxylic acids is 1. The lowest BCUT2D eigenvalue weighted by molar-refractivity contribution is -0.113. The topological polar surface area (TPSA) is 89.1 Å². The van der Waals surface area contributed by atoms with Crippen molar-refractivity contribution in [2.45, 2.75) is 12.1 Å². The van der Waals surface area contributed by atoms with E-state index in [2.05, 4.69) is 20.5 Å². The molecule has 0 unspecified atom stereocenters. The monoisotopic (exact) mass is 368 g/mol. The molecule has 0 atom stereocenters. The number of aromatic amines is 1. The molecule has 0 bridgehead atoms. The van der Waals surface area contributed by atoms with Crippen LogP contribution in [0.3, 0.4) is 0 Å². The smallest absolute Gasteiger partial charge is 0.234 e. The zero-order chi connectivity index (χ0) is 17.9. The van der Waals surface area contributed by atoms with Crippen LogP contribution in [-0.4, -0.2) is 33.6 Å². The third-order valence-corrected chi connectivity index (χ3v) is 4.70. The van der Waals surface area contributed by atoms with Crippen LogP contribution in [0, 0.1) is 6.92 Å². The van der Waals surface area contributed by atoms with Gasteiger partial charge in [0.1, 0.15) is 0 Å². The molecule has 132 valence electrons. The van der Waals surface area contributed by atoms with Crippen LogP contribution in [-0.2, 0) is 4.79 Å². The molecular weight excluding hydrogens is 352 g/mol. The Morgan fingerprint density at radius 1 is 1.23 bits per heavy atom. The van der Waals surface area contributed by atoms with Crippen LogP contribution in [0.15, 0.2) is 47.6 Å². The lowest BCUT2D eigenvalue weighted by Crippen LogP contribution is -2.14. The molecule has 0 saturated carbocycles. The molecule has 0 fully saturated rings. The van der Waals surface area contributed by atoms with Crippen LogP contribution in [0.4, 0.5) is 5.69 Å². The number of amides is 1.